The third-order valence-corrected chi connectivity index (χ3v) is 5.90. The second-order valence-corrected chi connectivity index (χ2v) is 7.55. The number of aromatic nitrogens is 1. The number of rotatable bonds is 6. The van der Waals surface area contributed by atoms with Gasteiger partial charge in [0.2, 0.25) is 0 Å². The van der Waals surface area contributed by atoms with Crippen molar-refractivity contribution in [2.75, 3.05) is 13.7 Å². The minimum absolute atomic E-state index is 0.0638. The molecule has 0 radical (unpaired) electrons. The number of carbonyl (C=O) groups is 2. The summed E-state index contributed by atoms with van der Waals surface area (Å²) in [5.41, 5.74) is 0.958. The summed E-state index contributed by atoms with van der Waals surface area (Å²) in [5.74, 6) is -1.17. The number of benzene rings is 2. The van der Waals surface area contributed by atoms with Crippen molar-refractivity contribution in [2.45, 2.75) is 19.9 Å². The van der Waals surface area contributed by atoms with Gasteiger partial charge in [-0.15, -0.1) is 11.3 Å². The van der Waals surface area contributed by atoms with Crippen molar-refractivity contribution < 1.29 is 19.2 Å². The predicted octanol–water partition coefficient (Wildman–Crippen LogP) is 3.89. The van der Waals surface area contributed by atoms with E-state index in [-0.39, 0.29) is 22.9 Å². The van der Waals surface area contributed by atoms with Crippen LogP contribution in [0.4, 0.5) is 5.69 Å². The highest BCUT2D eigenvalue weighted by Crippen LogP contribution is 2.29. The van der Waals surface area contributed by atoms with Gasteiger partial charge in [0.05, 0.1) is 26.7 Å². The number of likely N-dealkylation sites (N-methyl/N-ethyl adjacent to an activating group) is 1. The van der Waals surface area contributed by atoms with Gasteiger partial charge in [0, 0.05) is 18.7 Å². The fourth-order valence-electron chi connectivity index (χ4n) is 2.80. The summed E-state index contributed by atoms with van der Waals surface area (Å²) in [7, 11) is 1.62. The zero-order valence-corrected chi connectivity index (χ0v) is 16.9. The van der Waals surface area contributed by atoms with Crippen LogP contribution in [0.15, 0.2) is 42.5 Å². The van der Waals surface area contributed by atoms with Crippen molar-refractivity contribution >= 4 is 39.1 Å². The molecule has 0 saturated carbocycles. The average Bonchev–Trinajstić information content (AvgIpc) is 3.14. The van der Waals surface area contributed by atoms with Gasteiger partial charge in [-0.1, -0.05) is 18.2 Å². The van der Waals surface area contributed by atoms with Crippen molar-refractivity contribution in [2.24, 2.45) is 0 Å². The van der Waals surface area contributed by atoms with E-state index in [2.05, 4.69) is 4.98 Å². The monoisotopic (exact) mass is 413 g/mol. The van der Waals surface area contributed by atoms with Gasteiger partial charge in [0.15, 0.2) is 6.61 Å². The molecule has 2 aromatic carbocycles. The number of hydrogen-bond acceptors (Lipinski definition) is 7. The van der Waals surface area contributed by atoms with Crippen LogP contribution in [0.3, 0.4) is 0 Å². The van der Waals surface area contributed by atoms with Crippen LogP contribution < -0.4 is 0 Å². The van der Waals surface area contributed by atoms with E-state index < -0.39 is 23.4 Å². The third kappa shape index (κ3) is 4.24. The third-order valence-electron chi connectivity index (χ3n) is 4.69. The van der Waals surface area contributed by atoms with Crippen LogP contribution >= 0.6 is 11.3 Å². The molecule has 9 heteroatoms. The number of thiazole rings is 1. The van der Waals surface area contributed by atoms with Crippen LogP contribution in [0.1, 0.15) is 33.9 Å². The lowest BCUT2D eigenvalue weighted by Gasteiger charge is -2.23. The second-order valence-electron chi connectivity index (χ2n) is 6.48. The van der Waals surface area contributed by atoms with Gasteiger partial charge in [0.1, 0.15) is 5.01 Å². The highest BCUT2D eigenvalue weighted by Gasteiger charge is 2.23. The lowest BCUT2D eigenvalue weighted by molar-refractivity contribution is -0.385. The molecule has 1 atom stereocenters. The molecule has 1 aromatic heterocycles. The maximum atomic E-state index is 12.5. The summed E-state index contributed by atoms with van der Waals surface area (Å²) >= 11 is 1.50. The van der Waals surface area contributed by atoms with E-state index in [9.17, 15) is 19.7 Å². The first-order valence-corrected chi connectivity index (χ1v) is 9.63. The number of amides is 1. The Morgan fingerprint density at radius 3 is 2.66 bits per heavy atom. The van der Waals surface area contributed by atoms with Crippen LogP contribution in [-0.4, -0.2) is 40.3 Å². The first-order chi connectivity index (χ1) is 13.8. The zero-order chi connectivity index (χ0) is 21.1. The lowest BCUT2D eigenvalue weighted by Crippen LogP contribution is -2.33. The van der Waals surface area contributed by atoms with E-state index in [1.807, 2.05) is 31.2 Å². The van der Waals surface area contributed by atoms with E-state index in [0.717, 1.165) is 15.2 Å². The molecule has 1 heterocycles. The number of carbonyl (C=O) groups excluding carboxylic acids is 2. The van der Waals surface area contributed by atoms with Gasteiger partial charge in [0.25, 0.3) is 11.6 Å². The fourth-order valence-corrected chi connectivity index (χ4v) is 3.86. The first-order valence-electron chi connectivity index (χ1n) is 8.82. The molecule has 0 N–H and O–H groups in total. The summed E-state index contributed by atoms with van der Waals surface area (Å²) in [6.07, 6.45) is 0. The quantitative estimate of drug-likeness (QED) is 0.345. The molecule has 0 saturated heterocycles. The Labute approximate surface area is 170 Å². The number of ether oxygens (including phenoxy) is 1. The van der Waals surface area contributed by atoms with Crippen LogP contribution in [0.2, 0.25) is 0 Å². The number of hydrogen-bond donors (Lipinski definition) is 0. The smallest absolute Gasteiger partial charge is 0.339 e. The maximum absolute atomic E-state index is 12.5. The number of fused-ring (bicyclic) bond motifs is 1. The number of nitro benzene ring substituents is 1. The molecule has 0 aliphatic heterocycles. The molecule has 0 spiro atoms. The van der Waals surface area contributed by atoms with Crippen molar-refractivity contribution in [1.29, 1.82) is 0 Å². The summed E-state index contributed by atoms with van der Waals surface area (Å²) in [6, 6.07) is 11.6. The van der Waals surface area contributed by atoms with Gasteiger partial charge in [-0.3, -0.25) is 14.9 Å². The molecule has 0 aliphatic rings. The number of nitro groups is 1. The molecule has 1 amide bonds. The molecule has 0 aliphatic carbocycles. The zero-order valence-electron chi connectivity index (χ0n) is 16.1. The molecule has 150 valence electrons. The molecule has 0 bridgehead atoms. The Hall–Kier alpha value is -3.33. The number of esters is 1. The lowest BCUT2D eigenvalue weighted by atomic mass is 10.1. The van der Waals surface area contributed by atoms with E-state index in [0.29, 0.717) is 0 Å². The van der Waals surface area contributed by atoms with Gasteiger partial charge in [-0.2, -0.15) is 0 Å². The molecule has 29 heavy (non-hydrogen) atoms. The van der Waals surface area contributed by atoms with Crippen molar-refractivity contribution in [1.82, 2.24) is 9.88 Å². The molecule has 8 nitrogen and oxygen atoms in total. The number of para-hydroxylation sites is 1. The Morgan fingerprint density at radius 1 is 1.24 bits per heavy atom. The van der Waals surface area contributed by atoms with Crippen LogP contribution in [0.5, 0.6) is 0 Å². The first kappa shape index (κ1) is 20.4. The summed E-state index contributed by atoms with van der Waals surface area (Å²) in [4.78, 5) is 41.2. The van der Waals surface area contributed by atoms with Crippen molar-refractivity contribution in [3.05, 3.63) is 68.7 Å². The van der Waals surface area contributed by atoms with Gasteiger partial charge in [-0.25, -0.2) is 9.78 Å². The molecule has 0 unspecified atom stereocenters. The largest absolute Gasteiger partial charge is 0.452 e. The second kappa shape index (κ2) is 8.36. The summed E-state index contributed by atoms with van der Waals surface area (Å²) in [5, 5.41) is 11.8. The molecule has 3 aromatic rings. The number of nitrogens with zero attached hydrogens (tertiary/aromatic N) is 3. The highest BCUT2D eigenvalue weighted by atomic mass is 32.1. The standard InChI is InChI=1S/C20H19N3O5S/c1-12-14(7-6-9-16(12)23(26)27)20(25)28-11-18(24)22(3)13(2)19-21-15-8-4-5-10-17(15)29-19/h4-10,13H,11H2,1-3H3/t13-/m1/s1. The van der Waals surface area contributed by atoms with Crippen LogP contribution in [0.25, 0.3) is 10.2 Å². The van der Waals surface area contributed by atoms with Crippen LogP contribution in [-0.2, 0) is 9.53 Å². The predicted molar refractivity (Wildman–Crippen MR) is 109 cm³/mol. The minimum Gasteiger partial charge on any atom is -0.452 e. The molecular formula is C20H19N3O5S. The van der Waals surface area contributed by atoms with E-state index in [1.165, 1.54) is 41.4 Å². The van der Waals surface area contributed by atoms with Gasteiger partial charge in [-0.05, 0) is 32.0 Å². The molecule has 3 rings (SSSR count). The highest BCUT2D eigenvalue weighted by molar-refractivity contribution is 7.18. The van der Waals surface area contributed by atoms with Gasteiger partial charge < -0.3 is 9.64 Å². The van der Waals surface area contributed by atoms with Gasteiger partial charge >= 0.3 is 5.97 Å². The SMILES string of the molecule is Cc1c(C(=O)OCC(=O)N(C)[C@H](C)c2nc3ccccc3s2)cccc1[N+](=O)[O-]. The van der Waals surface area contributed by atoms with E-state index in [4.69, 9.17) is 4.74 Å². The minimum atomic E-state index is -0.777. The van der Waals surface area contributed by atoms with Crippen molar-refractivity contribution in [3.63, 3.8) is 0 Å². The normalized spacial score (nSPS) is 11.8. The Morgan fingerprint density at radius 2 is 1.97 bits per heavy atom. The maximum Gasteiger partial charge on any atom is 0.339 e. The topological polar surface area (TPSA) is 103 Å². The van der Waals surface area contributed by atoms with Crippen LogP contribution in [0, 0.1) is 17.0 Å². The van der Waals surface area contributed by atoms with Crippen molar-refractivity contribution in [3.8, 4) is 0 Å². The summed E-state index contributed by atoms with van der Waals surface area (Å²) in [6.45, 7) is 2.85. The average molecular weight is 413 g/mol. The summed E-state index contributed by atoms with van der Waals surface area (Å²) < 4.78 is 6.13. The Bertz CT molecular complexity index is 1060. The Balaban J connectivity index is 1.66. The fraction of sp³-hybridized carbons (Fsp3) is 0.250. The molecular weight excluding hydrogens is 394 g/mol. The van der Waals surface area contributed by atoms with E-state index >= 15 is 0 Å². The molecule has 0 fully saturated rings. The Kier molecular flexibility index (Phi) is 5.88. The van der Waals surface area contributed by atoms with E-state index in [1.54, 1.807) is 7.05 Å².